The molecule has 1 saturated heterocycles. The van der Waals surface area contributed by atoms with Gasteiger partial charge in [-0.05, 0) is 74.3 Å². The maximum Gasteiger partial charge on any atom is 0.257 e. The lowest BCUT2D eigenvalue weighted by Crippen LogP contribution is -2.31. The van der Waals surface area contributed by atoms with Crippen molar-refractivity contribution in [2.45, 2.75) is 45.4 Å². The third-order valence-corrected chi connectivity index (χ3v) is 7.38. The van der Waals surface area contributed by atoms with Crippen LogP contribution in [-0.4, -0.2) is 48.7 Å². The van der Waals surface area contributed by atoms with Gasteiger partial charge in [0, 0.05) is 13.0 Å². The quantitative estimate of drug-likeness (QED) is 0.274. The summed E-state index contributed by atoms with van der Waals surface area (Å²) in [5.74, 6) is 0.0926. The number of carbonyl (C=O) groups is 3. The fourth-order valence-corrected chi connectivity index (χ4v) is 5.35. The molecule has 0 bridgehead atoms. The van der Waals surface area contributed by atoms with Crippen molar-refractivity contribution in [1.29, 1.82) is 0 Å². The second kappa shape index (κ2) is 12.3. The monoisotopic (exact) mass is 525 g/mol. The first kappa shape index (κ1) is 26.6. The van der Waals surface area contributed by atoms with Crippen molar-refractivity contribution in [1.82, 2.24) is 4.90 Å². The van der Waals surface area contributed by atoms with Crippen LogP contribution in [0.15, 0.2) is 66.7 Å². The van der Waals surface area contributed by atoms with E-state index in [0.29, 0.717) is 47.0 Å². The van der Waals surface area contributed by atoms with Crippen LogP contribution in [-0.2, 0) is 11.2 Å². The van der Waals surface area contributed by atoms with Crippen molar-refractivity contribution < 1.29 is 19.1 Å². The standard InChI is InChI=1S/C32H35N3O4/c1-2-29(36)25-21-23(15-16-30(25)39-20-10-19-34-17-8-3-9-18-34)22-31(37)35-27-13-6-4-11-24(27)32(38)33-26-12-5-7-14-28(26)35/h4-7,11-16,21H,2-3,8-10,17-20,22H2,1H3,(H,33,38). The maximum absolute atomic E-state index is 13.8. The van der Waals surface area contributed by atoms with Crippen LogP contribution in [0.3, 0.4) is 0 Å². The summed E-state index contributed by atoms with van der Waals surface area (Å²) in [4.78, 5) is 43.6. The average Bonchev–Trinajstić information content (AvgIpc) is 3.09. The first-order chi connectivity index (χ1) is 19.0. The van der Waals surface area contributed by atoms with Gasteiger partial charge in [0.05, 0.1) is 41.2 Å². The van der Waals surface area contributed by atoms with Crippen LogP contribution < -0.4 is 15.0 Å². The van der Waals surface area contributed by atoms with E-state index in [1.165, 1.54) is 19.3 Å². The van der Waals surface area contributed by atoms with Gasteiger partial charge in [0.15, 0.2) is 5.78 Å². The van der Waals surface area contributed by atoms with Gasteiger partial charge < -0.3 is 15.0 Å². The highest BCUT2D eigenvalue weighted by molar-refractivity contribution is 6.17. The number of para-hydroxylation sites is 3. The summed E-state index contributed by atoms with van der Waals surface area (Å²) in [7, 11) is 0. The van der Waals surface area contributed by atoms with Crippen molar-refractivity contribution in [2.24, 2.45) is 0 Å². The van der Waals surface area contributed by atoms with Crippen LogP contribution in [0.4, 0.5) is 17.1 Å². The maximum atomic E-state index is 13.8. The molecule has 0 aliphatic carbocycles. The number of benzene rings is 3. The number of ketones is 1. The Morgan fingerprint density at radius 2 is 1.67 bits per heavy atom. The molecule has 7 nitrogen and oxygen atoms in total. The SMILES string of the molecule is CCC(=O)c1cc(CC(=O)N2c3ccccc3NC(=O)c3ccccc32)ccc1OCCCN1CCCCC1. The number of hydrogen-bond donors (Lipinski definition) is 1. The predicted molar refractivity (Wildman–Crippen MR) is 153 cm³/mol. The van der Waals surface area contributed by atoms with E-state index in [4.69, 9.17) is 4.74 Å². The number of nitrogens with one attached hydrogen (secondary N) is 1. The summed E-state index contributed by atoms with van der Waals surface area (Å²) < 4.78 is 6.06. The Balaban J connectivity index is 1.35. The van der Waals surface area contributed by atoms with Gasteiger partial charge in [0.25, 0.3) is 5.91 Å². The molecule has 2 aliphatic heterocycles. The fraction of sp³-hybridized carbons (Fsp3) is 0.344. The van der Waals surface area contributed by atoms with Gasteiger partial charge in [-0.1, -0.05) is 43.7 Å². The van der Waals surface area contributed by atoms with Crippen LogP contribution in [0.25, 0.3) is 0 Å². The van der Waals surface area contributed by atoms with Gasteiger partial charge in [-0.2, -0.15) is 0 Å². The van der Waals surface area contributed by atoms with Crippen LogP contribution in [0.1, 0.15) is 65.3 Å². The zero-order valence-corrected chi connectivity index (χ0v) is 22.4. The fourth-order valence-electron chi connectivity index (χ4n) is 5.35. The van der Waals surface area contributed by atoms with E-state index in [9.17, 15) is 14.4 Å². The van der Waals surface area contributed by atoms with Crippen molar-refractivity contribution in [3.63, 3.8) is 0 Å². The Bertz CT molecular complexity index is 1360. The molecule has 3 aromatic carbocycles. The summed E-state index contributed by atoms with van der Waals surface area (Å²) in [6, 6.07) is 19.8. The van der Waals surface area contributed by atoms with Crippen LogP contribution >= 0.6 is 0 Å². The largest absolute Gasteiger partial charge is 0.493 e. The highest BCUT2D eigenvalue weighted by atomic mass is 16.5. The van der Waals surface area contributed by atoms with E-state index in [-0.39, 0.29) is 24.0 Å². The smallest absolute Gasteiger partial charge is 0.257 e. The number of amides is 2. The molecule has 0 spiro atoms. The van der Waals surface area contributed by atoms with E-state index >= 15 is 0 Å². The zero-order valence-electron chi connectivity index (χ0n) is 22.4. The van der Waals surface area contributed by atoms with E-state index < -0.39 is 0 Å². The van der Waals surface area contributed by atoms with Crippen LogP contribution in [0.2, 0.25) is 0 Å². The Morgan fingerprint density at radius 1 is 0.923 bits per heavy atom. The number of rotatable bonds is 9. The number of hydrogen-bond acceptors (Lipinski definition) is 5. The van der Waals surface area contributed by atoms with Gasteiger partial charge in [0.1, 0.15) is 5.75 Å². The van der Waals surface area contributed by atoms with Crippen LogP contribution in [0, 0.1) is 0 Å². The molecule has 2 amide bonds. The highest BCUT2D eigenvalue weighted by Crippen LogP contribution is 2.38. The van der Waals surface area contributed by atoms with Crippen molar-refractivity contribution in [3.8, 4) is 5.75 Å². The lowest BCUT2D eigenvalue weighted by molar-refractivity contribution is -0.117. The van der Waals surface area contributed by atoms with Crippen molar-refractivity contribution in [3.05, 3.63) is 83.4 Å². The minimum Gasteiger partial charge on any atom is -0.493 e. The van der Waals surface area contributed by atoms with Gasteiger partial charge in [-0.3, -0.25) is 19.3 Å². The Morgan fingerprint density at radius 3 is 2.46 bits per heavy atom. The molecule has 0 atom stereocenters. The Hall–Kier alpha value is -3.97. The summed E-state index contributed by atoms with van der Waals surface area (Å²) in [6.45, 7) is 5.67. The molecule has 0 saturated carbocycles. The minimum atomic E-state index is -0.258. The molecule has 0 radical (unpaired) electrons. The van der Waals surface area contributed by atoms with Crippen LogP contribution in [0.5, 0.6) is 5.75 Å². The molecule has 2 aliphatic rings. The second-order valence-corrected chi connectivity index (χ2v) is 10.1. The van der Waals surface area contributed by atoms with E-state index in [0.717, 1.165) is 31.6 Å². The topological polar surface area (TPSA) is 79.0 Å². The van der Waals surface area contributed by atoms with Crippen molar-refractivity contribution in [2.75, 3.05) is 36.5 Å². The number of fused-ring (bicyclic) bond motifs is 2. The Kier molecular flexibility index (Phi) is 8.37. The molecule has 7 heteroatoms. The number of piperidine rings is 1. The number of anilines is 3. The molecular formula is C32H35N3O4. The van der Waals surface area contributed by atoms with Crippen molar-refractivity contribution >= 4 is 34.7 Å². The molecule has 0 aromatic heterocycles. The molecule has 39 heavy (non-hydrogen) atoms. The zero-order chi connectivity index (χ0) is 27.2. The number of nitrogens with zero attached hydrogens (tertiary/aromatic N) is 2. The molecule has 202 valence electrons. The average molecular weight is 526 g/mol. The first-order valence-corrected chi connectivity index (χ1v) is 13.9. The number of ether oxygens (including phenoxy) is 1. The lowest BCUT2D eigenvalue weighted by atomic mass is 10.0. The molecule has 2 heterocycles. The van der Waals surface area contributed by atoms with Gasteiger partial charge >= 0.3 is 0 Å². The molecule has 5 rings (SSSR count). The highest BCUT2D eigenvalue weighted by Gasteiger charge is 2.29. The van der Waals surface area contributed by atoms with E-state index in [1.54, 1.807) is 35.2 Å². The number of likely N-dealkylation sites (tertiary alicyclic amines) is 1. The number of carbonyl (C=O) groups excluding carboxylic acids is 3. The summed E-state index contributed by atoms with van der Waals surface area (Å²) >= 11 is 0. The summed E-state index contributed by atoms with van der Waals surface area (Å²) in [6.07, 6.45) is 5.16. The summed E-state index contributed by atoms with van der Waals surface area (Å²) in [5.41, 5.74) is 3.37. The van der Waals surface area contributed by atoms with Gasteiger partial charge in [-0.15, -0.1) is 0 Å². The molecule has 1 fully saturated rings. The predicted octanol–water partition coefficient (Wildman–Crippen LogP) is 6.01. The summed E-state index contributed by atoms with van der Waals surface area (Å²) in [5, 5.41) is 2.91. The van der Waals surface area contributed by atoms with E-state index in [2.05, 4.69) is 10.2 Å². The third-order valence-electron chi connectivity index (χ3n) is 7.38. The van der Waals surface area contributed by atoms with Gasteiger partial charge in [-0.25, -0.2) is 0 Å². The van der Waals surface area contributed by atoms with Gasteiger partial charge in [0.2, 0.25) is 5.91 Å². The molecular weight excluding hydrogens is 490 g/mol. The first-order valence-electron chi connectivity index (χ1n) is 13.9. The normalized spacial score (nSPS) is 15.1. The minimum absolute atomic E-state index is 0.0180. The molecule has 0 unspecified atom stereocenters. The lowest BCUT2D eigenvalue weighted by Gasteiger charge is -2.26. The third kappa shape index (κ3) is 6.04. The number of Topliss-reactive ketones (excluding diaryl/α,β-unsaturated/α-hetero) is 1. The van der Waals surface area contributed by atoms with E-state index in [1.807, 2.05) is 43.3 Å². The molecule has 1 N–H and O–H groups in total. The Labute approximate surface area is 229 Å². The molecule has 3 aromatic rings. The second-order valence-electron chi connectivity index (χ2n) is 10.1.